The molecule has 2 amide bonds. The first-order valence-corrected chi connectivity index (χ1v) is 9.95. The second-order valence-corrected chi connectivity index (χ2v) is 6.67. The van der Waals surface area contributed by atoms with Gasteiger partial charge in [0.2, 0.25) is 5.91 Å². The van der Waals surface area contributed by atoms with E-state index in [1.54, 1.807) is 12.1 Å². The van der Waals surface area contributed by atoms with Gasteiger partial charge in [0.15, 0.2) is 0 Å². The molecule has 0 aliphatic carbocycles. The van der Waals surface area contributed by atoms with Crippen LogP contribution in [0, 0.1) is 6.92 Å². The first-order chi connectivity index (χ1) is 14.0. The first kappa shape index (κ1) is 25.0. The largest absolute Gasteiger partial charge is 0.377 e. The summed E-state index contributed by atoms with van der Waals surface area (Å²) in [6.07, 6.45) is 0.0376. The monoisotopic (exact) mass is 410 g/mol. The lowest BCUT2D eigenvalue weighted by Crippen LogP contribution is -2.31. The zero-order valence-electron chi connectivity index (χ0n) is 17.7. The molecule has 8 heteroatoms. The zero-order chi connectivity index (χ0) is 21.3. The van der Waals surface area contributed by atoms with Gasteiger partial charge in [-0.2, -0.15) is 0 Å². The molecule has 0 unspecified atom stereocenters. The molecule has 1 rings (SSSR count). The Labute approximate surface area is 173 Å². The summed E-state index contributed by atoms with van der Waals surface area (Å²) in [6.45, 7) is 9.37. The van der Waals surface area contributed by atoms with Gasteiger partial charge in [0, 0.05) is 18.7 Å². The fraction of sp³-hybridized carbons (Fsp3) is 0.619. The highest BCUT2D eigenvalue weighted by Crippen LogP contribution is 2.02. The van der Waals surface area contributed by atoms with Gasteiger partial charge >= 0.3 is 0 Å². The Morgan fingerprint density at radius 1 is 0.828 bits per heavy atom. The van der Waals surface area contributed by atoms with Crippen molar-refractivity contribution in [3.63, 3.8) is 0 Å². The summed E-state index contributed by atoms with van der Waals surface area (Å²) in [7, 11) is 0. The molecule has 0 saturated heterocycles. The molecule has 0 atom stereocenters. The highest BCUT2D eigenvalue weighted by molar-refractivity contribution is 5.94. The molecule has 164 valence electrons. The summed E-state index contributed by atoms with van der Waals surface area (Å²) in [6, 6.07) is 7.42. The van der Waals surface area contributed by atoms with Crippen molar-refractivity contribution in [1.29, 1.82) is 0 Å². The van der Waals surface area contributed by atoms with Crippen molar-refractivity contribution in [1.82, 2.24) is 10.6 Å². The number of carbonyl (C=O) groups is 2. The van der Waals surface area contributed by atoms with E-state index in [0.717, 1.165) is 5.56 Å². The minimum Gasteiger partial charge on any atom is -0.377 e. The number of nitrogens with one attached hydrogen (secondary N) is 2. The van der Waals surface area contributed by atoms with Crippen molar-refractivity contribution in [3.8, 4) is 0 Å². The third kappa shape index (κ3) is 13.8. The molecular formula is C21H34N2O6. The molecule has 2 N–H and O–H groups in total. The molecule has 0 radical (unpaired) electrons. The molecule has 0 aliphatic rings. The highest BCUT2D eigenvalue weighted by atomic mass is 16.5. The van der Waals surface area contributed by atoms with E-state index in [0.29, 0.717) is 58.3 Å². The van der Waals surface area contributed by atoms with Crippen molar-refractivity contribution < 1.29 is 28.5 Å². The molecule has 0 heterocycles. The minimum atomic E-state index is -0.147. The van der Waals surface area contributed by atoms with Gasteiger partial charge in [-0.05, 0) is 32.9 Å². The summed E-state index contributed by atoms with van der Waals surface area (Å²) in [5.41, 5.74) is 1.76. The second kappa shape index (κ2) is 15.9. The van der Waals surface area contributed by atoms with Crippen LogP contribution in [-0.2, 0) is 23.7 Å². The van der Waals surface area contributed by atoms with E-state index in [4.69, 9.17) is 18.9 Å². The van der Waals surface area contributed by atoms with Crippen LogP contribution in [0.1, 0.15) is 29.8 Å². The number of hydrogen-bond acceptors (Lipinski definition) is 6. The maximum absolute atomic E-state index is 11.9. The summed E-state index contributed by atoms with van der Waals surface area (Å²) in [4.78, 5) is 23.3. The van der Waals surface area contributed by atoms with E-state index >= 15 is 0 Å². The lowest BCUT2D eigenvalue weighted by Gasteiger charge is -2.09. The first-order valence-electron chi connectivity index (χ1n) is 9.95. The van der Waals surface area contributed by atoms with Crippen LogP contribution in [0.2, 0.25) is 0 Å². The number of ether oxygens (including phenoxy) is 4. The highest BCUT2D eigenvalue weighted by Gasteiger charge is 2.04. The summed E-state index contributed by atoms with van der Waals surface area (Å²) in [5, 5.41) is 5.52. The smallest absolute Gasteiger partial charge is 0.251 e. The Morgan fingerprint density at radius 3 is 1.90 bits per heavy atom. The average molecular weight is 411 g/mol. The Balaban J connectivity index is 1.84. The minimum absolute atomic E-state index is 0.0376. The summed E-state index contributed by atoms with van der Waals surface area (Å²) >= 11 is 0. The molecule has 0 aromatic heterocycles. The summed E-state index contributed by atoms with van der Waals surface area (Å²) in [5.74, 6) is -0.253. The van der Waals surface area contributed by atoms with Gasteiger partial charge < -0.3 is 29.6 Å². The van der Waals surface area contributed by atoms with Crippen LogP contribution >= 0.6 is 0 Å². The number of amides is 2. The topological polar surface area (TPSA) is 95.1 Å². The Morgan fingerprint density at radius 2 is 1.34 bits per heavy atom. The van der Waals surface area contributed by atoms with Gasteiger partial charge in [-0.1, -0.05) is 17.7 Å². The average Bonchev–Trinajstić information content (AvgIpc) is 2.70. The van der Waals surface area contributed by atoms with Gasteiger partial charge in [0.05, 0.1) is 45.7 Å². The van der Waals surface area contributed by atoms with Gasteiger partial charge in [0.25, 0.3) is 5.91 Å². The Kier molecular flexibility index (Phi) is 13.7. The Bertz CT molecular complexity index is 577. The fourth-order valence-electron chi connectivity index (χ4n) is 2.14. The second-order valence-electron chi connectivity index (χ2n) is 6.67. The van der Waals surface area contributed by atoms with Crippen molar-refractivity contribution in [3.05, 3.63) is 35.4 Å². The lowest BCUT2D eigenvalue weighted by molar-refractivity contribution is -0.127. The van der Waals surface area contributed by atoms with Crippen molar-refractivity contribution in [2.24, 2.45) is 0 Å². The van der Waals surface area contributed by atoms with Crippen LogP contribution in [0.3, 0.4) is 0 Å². The fourth-order valence-corrected chi connectivity index (χ4v) is 2.14. The molecule has 0 bridgehead atoms. The predicted molar refractivity (Wildman–Crippen MR) is 110 cm³/mol. The van der Waals surface area contributed by atoms with Gasteiger partial charge in [-0.25, -0.2) is 0 Å². The zero-order valence-corrected chi connectivity index (χ0v) is 17.7. The molecule has 0 spiro atoms. The predicted octanol–water partition coefficient (Wildman–Crippen LogP) is 1.32. The molecule has 29 heavy (non-hydrogen) atoms. The van der Waals surface area contributed by atoms with E-state index in [9.17, 15) is 9.59 Å². The number of hydrogen-bond donors (Lipinski definition) is 2. The number of aryl methyl sites for hydroxylation is 1. The van der Waals surface area contributed by atoms with E-state index in [1.807, 2.05) is 32.9 Å². The molecule has 8 nitrogen and oxygen atoms in total. The van der Waals surface area contributed by atoms with E-state index in [-0.39, 0.29) is 24.5 Å². The van der Waals surface area contributed by atoms with Crippen LogP contribution in [0.15, 0.2) is 24.3 Å². The van der Waals surface area contributed by atoms with Gasteiger partial charge in [0.1, 0.15) is 6.61 Å². The van der Waals surface area contributed by atoms with Crippen molar-refractivity contribution in [2.75, 3.05) is 59.3 Å². The quantitative estimate of drug-likeness (QED) is 0.399. The van der Waals surface area contributed by atoms with E-state index in [2.05, 4.69) is 10.6 Å². The van der Waals surface area contributed by atoms with Crippen LogP contribution in [-0.4, -0.2) is 77.3 Å². The molecular weight excluding hydrogens is 376 g/mol. The standard InChI is InChI=1S/C21H34N2O6/c1-17(2)29-16-20(24)22-8-10-26-12-14-28-15-13-27-11-9-23-21(25)19-6-4-18(3)5-7-19/h4-7,17H,8-16H2,1-3H3,(H,22,24)(H,23,25). The van der Waals surface area contributed by atoms with Crippen molar-refractivity contribution >= 4 is 11.8 Å². The lowest BCUT2D eigenvalue weighted by atomic mass is 10.1. The third-order valence-electron chi connectivity index (χ3n) is 3.71. The van der Waals surface area contributed by atoms with Gasteiger partial charge in [-0.15, -0.1) is 0 Å². The third-order valence-corrected chi connectivity index (χ3v) is 3.71. The van der Waals surface area contributed by atoms with Crippen LogP contribution in [0.25, 0.3) is 0 Å². The molecule has 0 fully saturated rings. The van der Waals surface area contributed by atoms with Crippen LogP contribution < -0.4 is 10.6 Å². The van der Waals surface area contributed by atoms with E-state index in [1.165, 1.54) is 0 Å². The number of carbonyl (C=O) groups excluding carboxylic acids is 2. The molecule has 0 saturated carbocycles. The normalized spacial score (nSPS) is 10.9. The molecule has 1 aromatic carbocycles. The maximum Gasteiger partial charge on any atom is 0.251 e. The van der Waals surface area contributed by atoms with Gasteiger partial charge in [-0.3, -0.25) is 9.59 Å². The molecule has 1 aromatic rings. The Hall–Kier alpha value is -2.00. The number of rotatable bonds is 16. The number of benzene rings is 1. The van der Waals surface area contributed by atoms with E-state index < -0.39 is 0 Å². The summed E-state index contributed by atoms with van der Waals surface area (Å²) < 4.78 is 21.4. The van der Waals surface area contributed by atoms with Crippen LogP contribution in [0.4, 0.5) is 0 Å². The van der Waals surface area contributed by atoms with Crippen LogP contribution in [0.5, 0.6) is 0 Å². The maximum atomic E-state index is 11.9. The SMILES string of the molecule is Cc1ccc(C(=O)NCCOCCOCCOCCNC(=O)COC(C)C)cc1. The van der Waals surface area contributed by atoms with Crippen molar-refractivity contribution in [2.45, 2.75) is 26.9 Å². The molecule has 0 aliphatic heterocycles.